The van der Waals surface area contributed by atoms with Crippen LogP contribution in [0.3, 0.4) is 0 Å². The van der Waals surface area contributed by atoms with E-state index in [1.165, 1.54) is 60.7 Å². The number of halogens is 4. The predicted molar refractivity (Wildman–Crippen MR) is 147 cm³/mol. The number of carbonyl (C=O) groups is 6. The van der Waals surface area contributed by atoms with E-state index in [0.717, 1.165) is 24.3 Å². The molecule has 0 bridgehead atoms. The first-order valence-corrected chi connectivity index (χ1v) is 12.9. The third-order valence-corrected chi connectivity index (χ3v) is 7.37. The van der Waals surface area contributed by atoms with E-state index in [2.05, 4.69) is 0 Å². The van der Waals surface area contributed by atoms with Gasteiger partial charge in [-0.1, -0.05) is 72.8 Å². The van der Waals surface area contributed by atoms with Crippen molar-refractivity contribution >= 4 is 46.3 Å². The van der Waals surface area contributed by atoms with Gasteiger partial charge in [0.15, 0.2) is 23.1 Å². The lowest BCUT2D eigenvalue weighted by Crippen LogP contribution is -2.56. The van der Waals surface area contributed by atoms with Gasteiger partial charge in [-0.2, -0.15) is 17.6 Å². The molecular formula is C32H16F4N2O6. The summed E-state index contributed by atoms with van der Waals surface area (Å²) in [5, 5.41) is 3.14. The highest BCUT2D eigenvalue weighted by molar-refractivity contribution is 6.31. The Morgan fingerprint density at radius 3 is 1.07 bits per heavy atom. The second-order valence-corrected chi connectivity index (χ2v) is 9.92. The van der Waals surface area contributed by atoms with E-state index in [-0.39, 0.29) is 33.4 Å². The first-order chi connectivity index (χ1) is 20.9. The topological polar surface area (TPSA) is 126 Å². The summed E-state index contributed by atoms with van der Waals surface area (Å²) in [6.45, 7) is 0. The molecule has 0 saturated carbocycles. The second kappa shape index (κ2) is 9.90. The number of fused-ring (bicyclic) bond motifs is 4. The van der Waals surface area contributed by atoms with Gasteiger partial charge >= 0.3 is 23.7 Å². The van der Waals surface area contributed by atoms with Crippen LogP contribution in [0.5, 0.6) is 0 Å². The Hall–Kier alpha value is -5.78. The number of nitrogens with one attached hydrogen (secondary N) is 2. The van der Waals surface area contributed by atoms with E-state index in [1.54, 1.807) is 10.6 Å². The van der Waals surface area contributed by atoms with Crippen LogP contribution in [0.2, 0.25) is 0 Å². The summed E-state index contributed by atoms with van der Waals surface area (Å²) in [5.41, 5.74) is -2.81. The third kappa shape index (κ3) is 4.06. The van der Waals surface area contributed by atoms with Crippen molar-refractivity contribution in [1.29, 1.82) is 0 Å². The van der Waals surface area contributed by atoms with Crippen molar-refractivity contribution < 1.29 is 46.3 Å². The molecule has 0 fully saturated rings. The van der Waals surface area contributed by atoms with Crippen molar-refractivity contribution in [3.63, 3.8) is 0 Å². The van der Waals surface area contributed by atoms with Gasteiger partial charge in [0.25, 0.3) is 0 Å². The Labute approximate surface area is 244 Å². The first-order valence-electron chi connectivity index (χ1n) is 12.9. The molecular weight excluding hydrogens is 584 g/mol. The lowest BCUT2D eigenvalue weighted by atomic mass is 9.83. The number of hydrogen-bond acceptors (Lipinski definition) is 6. The van der Waals surface area contributed by atoms with Crippen molar-refractivity contribution in [2.24, 2.45) is 0 Å². The fourth-order valence-corrected chi connectivity index (χ4v) is 5.19. The summed E-state index contributed by atoms with van der Waals surface area (Å²) < 4.78 is 60.2. The number of carbonyl (C=O) groups excluding carboxylic acids is 6. The zero-order chi connectivity index (χ0) is 31.6. The number of amides is 2. The number of benzene rings is 4. The number of rotatable bonds is 5. The number of hydrogen-bond donors (Lipinski definition) is 2. The molecule has 2 N–H and O–H groups in total. The molecule has 12 heteroatoms. The van der Waals surface area contributed by atoms with E-state index < -0.39 is 69.3 Å². The van der Waals surface area contributed by atoms with E-state index in [4.69, 9.17) is 0 Å². The van der Waals surface area contributed by atoms with Crippen LogP contribution < -0.4 is 10.6 Å². The van der Waals surface area contributed by atoms with Crippen LogP contribution in [0.15, 0.2) is 84.9 Å². The normalized spacial score (nSPS) is 13.8. The molecule has 0 radical (unpaired) electrons. The summed E-state index contributed by atoms with van der Waals surface area (Å²) in [7, 11) is 0. The molecule has 0 aliphatic heterocycles. The zero-order valence-electron chi connectivity index (χ0n) is 22.0. The first kappa shape index (κ1) is 28.3. The van der Waals surface area contributed by atoms with Crippen LogP contribution in [-0.4, -0.2) is 46.8 Å². The highest BCUT2D eigenvalue weighted by atomic mass is 19.3. The molecule has 0 heterocycles. The summed E-state index contributed by atoms with van der Waals surface area (Å²) in [4.78, 5) is 77.2. The fraction of sp³-hybridized carbons (Fsp3) is 0.0625. The van der Waals surface area contributed by atoms with Gasteiger partial charge in [0.2, 0.25) is 0 Å². The molecule has 4 aromatic carbocycles. The van der Waals surface area contributed by atoms with Crippen LogP contribution >= 0.6 is 0 Å². The molecule has 2 amide bonds. The number of anilines is 2. The minimum Gasteiger partial charge on any atom is -0.320 e. The van der Waals surface area contributed by atoms with Gasteiger partial charge in [-0.3, -0.25) is 28.8 Å². The molecule has 0 spiro atoms. The number of ketones is 4. The lowest BCUT2D eigenvalue weighted by Gasteiger charge is -2.26. The van der Waals surface area contributed by atoms with Crippen molar-refractivity contribution in [3.05, 3.63) is 129 Å². The van der Waals surface area contributed by atoms with Gasteiger partial charge in [-0.05, 0) is 12.1 Å². The summed E-state index contributed by atoms with van der Waals surface area (Å²) in [5.74, 6) is -19.6. The minimum atomic E-state index is -5.69. The smallest absolute Gasteiger partial charge is 0.320 e. The molecule has 8 nitrogen and oxygen atoms in total. The second-order valence-electron chi connectivity index (χ2n) is 9.92. The molecule has 44 heavy (non-hydrogen) atoms. The molecule has 0 saturated heterocycles. The van der Waals surface area contributed by atoms with Gasteiger partial charge in [-0.25, -0.2) is 0 Å². The predicted octanol–water partition coefficient (Wildman–Crippen LogP) is 5.09. The van der Waals surface area contributed by atoms with Crippen molar-refractivity contribution in [2.75, 3.05) is 10.6 Å². The summed E-state index contributed by atoms with van der Waals surface area (Å²) in [6.07, 6.45) is 0. The molecule has 0 aromatic heterocycles. The molecule has 4 aromatic rings. The maximum Gasteiger partial charge on any atom is 0.396 e. The highest BCUT2D eigenvalue weighted by Gasteiger charge is 2.67. The van der Waals surface area contributed by atoms with E-state index in [0.29, 0.717) is 0 Å². The Kier molecular flexibility index (Phi) is 6.38. The maximum absolute atomic E-state index is 15.1. The largest absolute Gasteiger partial charge is 0.396 e. The minimum absolute atomic E-state index is 0.0359. The highest BCUT2D eigenvalue weighted by Crippen LogP contribution is 2.39. The molecule has 0 unspecified atom stereocenters. The monoisotopic (exact) mass is 600 g/mol. The average Bonchev–Trinajstić information content (AvgIpc) is 3.02. The van der Waals surface area contributed by atoms with Gasteiger partial charge in [0.1, 0.15) is 0 Å². The fourth-order valence-electron chi connectivity index (χ4n) is 5.19. The van der Waals surface area contributed by atoms with Crippen LogP contribution in [0, 0.1) is 0 Å². The maximum atomic E-state index is 15.1. The van der Waals surface area contributed by atoms with E-state index in [1.807, 2.05) is 0 Å². The standard InChI is InChI=1S/C32H16F4N2O6/c33-31(34,29(43)37-21-13-5-11-19-23(21)27(41)17-9-3-1-7-15(17)25(19)39)32(35,36)30(44)38-22-14-6-12-20-24(22)28(42)18-10-4-2-8-16(18)26(20)40/h1-14H,(H,37,43)(H,38,44). The van der Waals surface area contributed by atoms with Crippen molar-refractivity contribution in [3.8, 4) is 0 Å². The van der Waals surface area contributed by atoms with E-state index >= 15 is 17.6 Å². The Balaban J connectivity index is 1.29. The van der Waals surface area contributed by atoms with Gasteiger partial charge < -0.3 is 10.6 Å². The van der Waals surface area contributed by atoms with Crippen molar-refractivity contribution in [1.82, 2.24) is 0 Å². The third-order valence-electron chi connectivity index (χ3n) is 7.37. The Morgan fingerprint density at radius 2 is 0.727 bits per heavy atom. The average molecular weight is 600 g/mol. The van der Waals surface area contributed by atoms with Crippen LogP contribution in [0.25, 0.3) is 0 Å². The molecule has 6 rings (SSSR count). The summed E-state index contributed by atoms with van der Waals surface area (Å²) >= 11 is 0. The van der Waals surface area contributed by atoms with Crippen LogP contribution in [-0.2, 0) is 9.59 Å². The zero-order valence-corrected chi connectivity index (χ0v) is 22.0. The molecule has 0 atom stereocenters. The Bertz CT molecular complexity index is 1860. The van der Waals surface area contributed by atoms with Gasteiger partial charge in [0, 0.05) is 33.4 Å². The SMILES string of the molecule is O=C1c2ccccc2C(=O)c2c(NC(=O)C(F)(F)C(F)(F)C(=O)Nc3cccc4c3C(=O)c3ccccc3C4=O)cccc21. The Morgan fingerprint density at radius 1 is 0.432 bits per heavy atom. The van der Waals surface area contributed by atoms with E-state index in [9.17, 15) is 28.8 Å². The van der Waals surface area contributed by atoms with Crippen LogP contribution in [0.4, 0.5) is 28.9 Å². The molecule has 2 aliphatic rings. The molecule has 2 aliphatic carbocycles. The van der Waals surface area contributed by atoms with Gasteiger partial charge in [0.05, 0.1) is 22.5 Å². The quantitative estimate of drug-likeness (QED) is 0.266. The lowest BCUT2D eigenvalue weighted by molar-refractivity contribution is -0.204. The van der Waals surface area contributed by atoms with Crippen molar-refractivity contribution in [2.45, 2.75) is 11.8 Å². The number of alkyl halides is 4. The van der Waals surface area contributed by atoms with Gasteiger partial charge in [-0.15, -0.1) is 0 Å². The van der Waals surface area contributed by atoms with Crippen LogP contribution in [0.1, 0.15) is 63.7 Å². The molecule has 218 valence electrons. The summed E-state index contributed by atoms with van der Waals surface area (Å²) in [6, 6.07) is 18.0.